The smallest absolute Gasteiger partial charge is 0.327 e. The van der Waals surface area contributed by atoms with Crippen LogP contribution in [0.15, 0.2) is 0 Å². The van der Waals surface area contributed by atoms with Crippen LogP contribution in [0.5, 0.6) is 0 Å². The van der Waals surface area contributed by atoms with Crippen molar-refractivity contribution in [3.63, 3.8) is 0 Å². The van der Waals surface area contributed by atoms with Crippen molar-refractivity contribution in [3.05, 3.63) is 0 Å². The number of nitrogens with two attached hydrogens (primary N) is 2. The lowest BCUT2D eigenvalue weighted by molar-refractivity contribution is -0.143. The van der Waals surface area contributed by atoms with E-state index < -0.39 is 42.0 Å². The van der Waals surface area contributed by atoms with Crippen molar-refractivity contribution in [2.45, 2.75) is 161 Å². The number of aliphatic carboxylic acids is 1. The lowest BCUT2D eigenvalue weighted by Crippen LogP contribution is -2.59. The zero-order valence-electron chi connectivity index (χ0n) is 26.3. The highest BCUT2D eigenvalue weighted by Crippen LogP contribution is 2.13. The number of carbonyl (C=O) groups excluding carboxylic acids is 3. The Bertz CT molecular complexity index is 732. The number of carboxylic acids is 1. The van der Waals surface area contributed by atoms with Gasteiger partial charge in [0.2, 0.25) is 17.7 Å². The SMILES string of the molecule is CCCCCCCCCCCCCCCC(=O)N[C@@H](CCCCN)C(=O)N[C@@H](C(=O)N[C@H](C(=O)O)C(C)N)C(C)C. The molecule has 41 heavy (non-hydrogen) atoms. The number of amides is 3. The summed E-state index contributed by atoms with van der Waals surface area (Å²) in [5.41, 5.74) is 11.3. The molecule has 0 rings (SSSR count). The number of rotatable bonds is 26. The third kappa shape index (κ3) is 19.5. The highest BCUT2D eigenvalue weighted by Gasteiger charge is 2.32. The molecule has 0 saturated heterocycles. The quantitative estimate of drug-likeness (QED) is 0.0829. The first-order valence-corrected chi connectivity index (χ1v) is 16.1. The van der Waals surface area contributed by atoms with E-state index in [1.54, 1.807) is 13.8 Å². The van der Waals surface area contributed by atoms with Crippen LogP contribution in [0.1, 0.15) is 137 Å². The summed E-state index contributed by atoms with van der Waals surface area (Å²) in [6, 6.07) is -3.86. The van der Waals surface area contributed by atoms with Gasteiger partial charge in [-0.25, -0.2) is 4.79 Å². The fourth-order valence-electron chi connectivity index (χ4n) is 4.78. The topological polar surface area (TPSA) is 177 Å². The molecular formula is C31H61N5O5. The first-order valence-electron chi connectivity index (χ1n) is 16.1. The zero-order valence-corrected chi connectivity index (χ0v) is 26.3. The Hall–Kier alpha value is -2.20. The third-order valence-electron chi connectivity index (χ3n) is 7.44. The van der Waals surface area contributed by atoms with E-state index in [1.807, 2.05) is 0 Å². The molecule has 4 atom stereocenters. The highest BCUT2D eigenvalue weighted by molar-refractivity contribution is 5.93. The van der Waals surface area contributed by atoms with Gasteiger partial charge in [-0.15, -0.1) is 0 Å². The van der Waals surface area contributed by atoms with E-state index >= 15 is 0 Å². The second-order valence-corrected chi connectivity index (χ2v) is 11.8. The maximum atomic E-state index is 13.2. The Morgan fingerprint density at radius 2 is 1.15 bits per heavy atom. The monoisotopic (exact) mass is 583 g/mol. The minimum Gasteiger partial charge on any atom is -0.480 e. The zero-order chi connectivity index (χ0) is 31.0. The molecule has 0 aliphatic carbocycles. The Morgan fingerprint density at radius 3 is 1.59 bits per heavy atom. The molecule has 3 amide bonds. The van der Waals surface area contributed by atoms with Crippen LogP contribution in [0, 0.1) is 5.92 Å². The van der Waals surface area contributed by atoms with Gasteiger partial charge in [0.1, 0.15) is 18.1 Å². The van der Waals surface area contributed by atoms with Gasteiger partial charge in [0.05, 0.1) is 0 Å². The average molecular weight is 584 g/mol. The summed E-state index contributed by atoms with van der Waals surface area (Å²) in [6.07, 6.45) is 18.0. The van der Waals surface area contributed by atoms with E-state index in [0.717, 1.165) is 19.3 Å². The van der Waals surface area contributed by atoms with Crippen LogP contribution in [-0.2, 0) is 19.2 Å². The largest absolute Gasteiger partial charge is 0.480 e. The summed E-state index contributed by atoms with van der Waals surface area (Å²) in [5.74, 6) is -2.84. The lowest BCUT2D eigenvalue weighted by Gasteiger charge is -2.27. The number of nitrogens with one attached hydrogen (secondary N) is 3. The first-order chi connectivity index (χ1) is 19.5. The van der Waals surface area contributed by atoms with E-state index in [2.05, 4.69) is 22.9 Å². The molecule has 0 spiro atoms. The molecule has 0 heterocycles. The molecule has 0 aromatic rings. The van der Waals surface area contributed by atoms with Crippen LogP contribution in [0.25, 0.3) is 0 Å². The minimum absolute atomic E-state index is 0.186. The van der Waals surface area contributed by atoms with Crippen molar-refractivity contribution < 1.29 is 24.3 Å². The van der Waals surface area contributed by atoms with Crippen molar-refractivity contribution in [1.82, 2.24) is 16.0 Å². The molecule has 8 N–H and O–H groups in total. The normalized spacial score (nSPS) is 14.2. The molecule has 0 fully saturated rings. The first kappa shape index (κ1) is 38.8. The van der Waals surface area contributed by atoms with Gasteiger partial charge in [-0.3, -0.25) is 14.4 Å². The Morgan fingerprint density at radius 1 is 0.659 bits per heavy atom. The standard InChI is InChI=1S/C31H61N5O5/c1-5-6-7-8-9-10-11-12-13-14-15-16-17-21-26(37)34-25(20-18-19-22-32)29(38)35-27(23(2)3)30(39)36-28(24(4)33)31(40)41/h23-25,27-28H,5-22,32-33H2,1-4H3,(H,34,37)(H,35,38)(H,36,39)(H,40,41)/t24?,25-,27+,28-/m0/s1. The van der Waals surface area contributed by atoms with Gasteiger partial charge in [-0.2, -0.15) is 0 Å². The molecule has 240 valence electrons. The summed E-state index contributed by atoms with van der Waals surface area (Å²) in [6.45, 7) is 7.71. The van der Waals surface area contributed by atoms with Crippen LogP contribution in [0.3, 0.4) is 0 Å². The number of hydrogen-bond acceptors (Lipinski definition) is 6. The minimum atomic E-state index is -1.28. The van der Waals surface area contributed by atoms with Crippen LogP contribution in [0.2, 0.25) is 0 Å². The van der Waals surface area contributed by atoms with E-state index in [9.17, 15) is 24.3 Å². The number of hydrogen-bond donors (Lipinski definition) is 6. The molecule has 0 bridgehead atoms. The van der Waals surface area contributed by atoms with E-state index in [0.29, 0.717) is 32.2 Å². The maximum Gasteiger partial charge on any atom is 0.327 e. The summed E-state index contributed by atoms with van der Waals surface area (Å²) >= 11 is 0. The van der Waals surface area contributed by atoms with Crippen LogP contribution in [-0.4, -0.2) is 59.5 Å². The fraction of sp³-hybridized carbons (Fsp3) is 0.871. The second-order valence-electron chi connectivity index (χ2n) is 11.8. The van der Waals surface area contributed by atoms with Gasteiger partial charge in [0.25, 0.3) is 0 Å². The molecule has 0 aliphatic heterocycles. The van der Waals surface area contributed by atoms with Crippen molar-refractivity contribution in [2.75, 3.05) is 6.54 Å². The van der Waals surface area contributed by atoms with Crippen molar-refractivity contribution in [3.8, 4) is 0 Å². The van der Waals surface area contributed by atoms with Gasteiger partial charge in [0.15, 0.2) is 0 Å². The summed E-state index contributed by atoms with van der Waals surface area (Å²) in [5, 5.41) is 17.3. The second kappa shape index (κ2) is 24.4. The number of carbonyl (C=O) groups is 4. The van der Waals surface area contributed by atoms with Gasteiger partial charge in [-0.05, 0) is 45.1 Å². The molecule has 0 aromatic carbocycles. The Balaban J connectivity index is 4.63. The van der Waals surface area contributed by atoms with Crippen molar-refractivity contribution in [2.24, 2.45) is 17.4 Å². The molecule has 0 saturated carbocycles. The van der Waals surface area contributed by atoms with Crippen LogP contribution >= 0.6 is 0 Å². The van der Waals surface area contributed by atoms with Gasteiger partial charge in [-0.1, -0.05) is 97.8 Å². The van der Waals surface area contributed by atoms with Gasteiger partial charge < -0.3 is 32.5 Å². The van der Waals surface area contributed by atoms with Crippen LogP contribution < -0.4 is 27.4 Å². The molecule has 10 nitrogen and oxygen atoms in total. The lowest BCUT2D eigenvalue weighted by atomic mass is 10.0. The van der Waals surface area contributed by atoms with Gasteiger partial charge >= 0.3 is 5.97 Å². The molecule has 10 heteroatoms. The van der Waals surface area contributed by atoms with E-state index in [1.165, 1.54) is 71.1 Å². The van der Waals surface area contributed by atoms with Crippen LogP contribution in [0.4, 0.5) is 0 Å². The average Bonchev–Trinajstić information content (AvgIpc) is 2.91. The molecular weight excluding hydrogens is 522 g/mol. The van der Waals surface area contributed by atoms with E-state index in [-0.39, 0.29) is 11.8 Å². The highest BCUT2D eigenvalue weighted by atomic mass is 16.4. The molecule has 0 aromatic heterocycles. The Labute approximate surface area is 248 Å². The number of carboxylic acid groups (broad SMARTS) is 1. The molecule has 0 aliphatic rings. The Kier molecular flexibility index (Phi) is 23.1. The predicted octanol–water partition coefficient (Wildman–Crippen LogP) is 4.14. The fourth-order valence-corrected chi connectivity index (χ4v) is 4.78. The number of unbranched alkanes of at least 4 members (excludes halogenated alkanes) is 13. The summed E-state index contributed by atoms with van der Waals surface area (Å²) < 4.78 is 0. The van der Waals surface area contributed by atoms with Crippen molar-refractivity contribution >= 4 is 23.7 Å². The van der Waals surface area contributed by atoms with E-state index in [4.69, 9.17) is 11.5 Å². The summed E-state index contributed by atoms with van der Waals surface area (Å²) in [4.78, 5) is 50.1. The third-order valence-corrected chi connectivity index (χ3v) is 7.44. The molecule has 0 radical (unpaired) electrons. The summed E-state index contributed by atoms with van der Waals surface area (Å²) in [7, 11) is 0. The molecule has 1 unspecified atom stereocenters. The maximum absolute atomic E-state index is 13.2. The van der Waals surface area contributed by atoms with Gasteiger partial charge in [0, 0.05) is 12.5 Å². The predicted molar refractivity (Wildman–Crippen MR) is 165 cm³/mol. The van der Waals surface area contributed by atoms with Crippen molar-refractivity contribution in [1.29, 1.82) is 0 Å².